The standard InChI is InChI=1S/C14H21NO7S2/c1-20-13-5-4-12(10-14(13)21-2)24(18,19)15-8-6-11(7-9-15)22-23(3,16)17/h4-5,10-11H,6-9H2,1-3H3. The molecular formula is C14H21NO7S2. The minimum Gasteiger partial charge on any atom is -0.493 e. The van der Waals surface area contributed by atoms with Crippen LogP contribution in [0, 0.1) is 0 Å². The van der Waals surface area contributed by atoms with Crippen LogP contribution in [0.4, 0.5) is 0 Å². The van der Waals surface area contributed by atoms with Gasteiger partial charge in [0.15, 0.2) is 11.5 Å². The van der Waals surface area contributed by atoms with E-state index in [9.17, 15) is 16.8 Å². The number of hydrogen-bond acceptors (Lipinski definition) is 7. The second kappa shape index (κ2) is 7.26. The van der Waals surface area contributed by atoms with Crippen molar-refractivity contribution in [2.75, 3.05) is 33.6 Å². The smallest absolute Gasteiger partial charge is 0.264 e. The number of sulfonamides is 1. The molecule has 1 saturated heterocycles. The highest BCUT2D eigenvalue weighted by atomic mass is 32.2. The summed E-state index contributed by atoms with van der Waals surface area (Å²) in [6, 6.07) is 4.40. The van der Waals surface area contributed by atoms with Crippen LogP contribution in [0.2, 0.25) is 0 Å². The normalized spacial score (nSPS) is 17.6. The van der Waals surface area contributed by atoms with E-state index in [4.69, 9.17) is 13.7 Å². The average Bonchev–Trinajstić information content (AvgIpc) is 2.53. The molecule has 0 atom stereocenters. The van der Waals surface area contributed by atoms with E-state index >= 15 is 0 Å². The molecule has 24 heavy (non-hydrogen) atoms. The molecule has 0 saturated carbocycles. The molecule has 0 amide bonds. The Morgan fingerprint density at radius 2 is 1.58 bits per heavy atom. The van der Waals surface area contributed by atoms with Crippen molar-refractivity contribution in [2.24, 2.45) is 0 Å². The Labute approximate surface area is 142 Å². The van der Waals surface area contributed by atoms with Crippen LogP contribution in [0.5, 0.6) is 11.5 Å². The molecule has 136 valence electrons. The minimum atomic E-state index is -3.69. The number of piperidine rings is 1. The molecule has 0 aliphatic carbocycles. The van der Waals surface area contributed by atoms with Gasteiger partial charge in [-0.3, -0.25) is 4.18 Å². The van der Waals surface area contributed by atoms with E-state index in [1.165, 1.54) is 36.7 Å². The monoisotopic (exact) mass is 379 g/mol. The molecule has 1 aromatic rings. The molecular weight excluding hydrogens is 358 g/mol. The van der Waals surface area contributed by atoms with Gasteiger partial charge in [-0.25, -0.2) is 8.42 Å². The summed E-state index contributed by atoms with van der Waals surface area (Å²) in [6.07, 6.45) is 1.13. The number of benzene rings is 1. The fourth-order valence-electron chi connectivity index (χ4n) is 2.54. The summed E-state index contributed by atoms with van der Waals surface area (Å²) < 4.78 is 64.2. The Bertz CT molecular complexity index is 781. The number of ether oxygens (including phenoxy) is 2. The topological polar surface area (TPSA) is 99.2 Å². The first kappa shape index (κ1) is 19.0. The first-order valence-corrected chi connectivity index (χ1v) is 10.5. The van der Waals surface area contributed by atoms with E-state index in [1.807, 2.05) is 0 Å². The van der Waals surface area contributed by atoms with Crippen molar-refractivity contribution in [3.63, 3.8) is 0 Å². The molecule has 0 aromatic heterocycles. The highest BCUT2D eigenvalue weighted by molar-refractivity contribution is 7.89. The molecule has 8 nitrogen and oxygen atoms in total. The molecule has 10 heteroatoms. The Balaban J connectivity index is 2.15. The summed E-state index contributed by atoms with van der Waals surface area (Å²) in [5, 5.41) is 0. The van der Waals surface area contributed by atoms with Crippen LogP contribution in [-0.4, -0.2) is 60.8 Å². The maximum Gasteiger partial charge on any atom is 0.264 e. The van der Waals surface area contributed by atoms with Gasteiger partial charge < -0.3 is 9.47 Å². The molecule has 0 N–H and O–H groups in total. The first-order chi connectivity index (χ1) is 11.2. The van der Waals surface area contributed by atoms with Crippen molar-refractivity contribution in [1.29, 1.82) is 0 Å². The lowest BCUT2D eigenvalue weighted by molar-refractivity contribution is 0.143. The third kappa shape index (κ3) is 4.38. The van der Waals surface area contributed by atoms with Gasteiger partial charge in [0, 0.05) is 19.2 Å². The van der Waals surface area contributed by atoms with Crippen LogP contribution in [0.1, 0.15) is 12.8 Å². The molecule has 0 spiro atoms. The Morgan fingerprint density at radius 1 is 1.00 bits per heavy atom. The van der Waals surface area contributed by atoms with E-state index in [0.29, 0.717) is 24.3 Å². The SMILES string of the molecule is COc1ccc(S(=O)(=O)N2CCC(OS(C)(=O)=O)CC2)cc1OC. The van der Waals surface area contributed by atoms with E-state index in [-0.39, 0.29) is 18.0 Å². The number of rotatable bonds is 6. The highest BCUT2D eigenvalue weighted by Crippen LogP contribution is 2.31. The van der Waals surface area contributed by atoms with Crippen molar-refractivity contribution in [2.45, 2.75) is 23.8 Å². The molecule has 0 radical (unpaired) electrons. The fraction of sp³-hybridized carbons (Fsp3) is 0.571. The summed E-state index contributed by atoms with van der Waals surface area (Å²) in [6.45, 7) is 0.383. The summed E-state index contributed by atoms with van der Waals surface area (Å²) in [7, 11) is -4.33. The lowest BCUT2D eigenvalue weighted by Crippen LogP contribution is -2.41. The van der Waals surface area contributed by atoms with Gasteiger partial charge in [-0.1, -0.05) is 0 Å². The molecule has 2 rings (SSSR count). The van der Waals surface area contributed by atoms with Gasteiger partial charge in [-0.05, 0) is 25.0 Å². The molecule has 1 aliphatic rings. The number of hydrogen-bond donors (Lipinski definition) is 0. The Kier molecular flexibility index (Phi) is 5.74. The zero-order valence-electron chi connectivity index (χ0n) is 13.8. The molecule has 1 heterocycles. The van der Waals surface area contributed by atoms with E-state index in [1.54, 1.807) is 0 Å². The van der Waals surface area contributed by atoms with Gasteiger partial charge in [0.2, 0.25) is 10.0 Å². The first-order valence-electron chi connectivity index (χ1n) is 7.28. The maximum atomic E-state index is 12.7. The van der Waals surface area contributed by atoms with Crippen LogP contribution >= 0.6 is 0 Å². The molecule has 1 fully saturated rings. The fourth-order valence-corrected chi connectivity index (χ4v) is 4.71. The van der Waals surface area contributed by atoms with Crippen LogP contribution in [-0.2, 0) is 24.3 Å². The molecule has 1 aromatic carbocycles. The molecule has 0 bridgehead atoms. The van der Waals surface area contributed by atoms with Crippen LogP contribution in [0.15, 0.2) is 23.1 Å². The van der Waals surface area contributed by atoms with Gasteiger partial charge in [-0.2, -0.15) is 12.7 Å². The Morgan fingerprint density at radius 3 is 2.08 bits per heavy atom. The third-order valence-corrected chi connectivity index (χ3v) is 6.22. The van der Waals surface area contributed by atoms with Crippen molar-refractivity contribution in [1.82, 2.24) is 4.31 Å². The van der Waals surface area contributed by atoms with E-state index in [2.05, 4.69) is 0 Å². The summed E-state index contributed by atoms with van der Waals surface area (Å²) in [4.78, 5) is 0.0997. The van der Waals surface area contributed by atoms with E-state index < -0.39 is 26.2 Å². The largest absolute Gasteiger partial charge is 0.493 e. The summed E-state index contributed by atoms with van der Waals surface area (Å²) in [5.74, 6) is 0.769. The lowest BCUT2D eigenvalue weighted by Gasteiger charge is -2.30. The lowest BCUT2D eigenvalue weighted by atomic mass is 10.1. The summed E-state index contributed by atoms with van der Waals surface area (Å²) >= 11 is 0. The minimum absolute atomic E-state index is 0.0997. The third-order valence-electron chi connectivity index (χ3n) is 3.70. The second-order valence-corrected chi connectivity index (χ2v) is 8.96. The van der Waals surface area contributed by atoms with Crippen LogP contribution in [0.25, 0.3) is 0 Å². The van der Waals surface area contributed by atoms with Gasteiger partial charge in [0.05, 0.1) is 31.5 Å². The quantitative estimate of drug-likeness (QED) is 0.675. The number of nitrogens with zero attached hydrogens (tertiary/aromatic N) is 1. The zero-order valence-corrected chi connectivity index (χ0v) is 15.4. The zero-order chi connectivity index (χ0) is 18.0. The van der Waals surface area contributed by atoms with Gasteiger partial charge in [0.1, 0.15) is 0 Å². The maximum absolute atomic E-state index is 12.7. The van der Waals surface area contributed by atoms with Crippen molar-refractivity contribution < 1.29 is 30.5 Å². The average molecular weight is 379 g/mol. The predicted octanol–water partition coefficient (Wildman–Crippen LogP) is 0.833. The molecule has 0 unspecified atom stereocenters. The van der Waals surface area contributed by atoms with Crippen LogP contribution in [0.3, 0.4) is 0 Å². The van der Waals surface area contributed by atoms with Gasteiger partial charge in [-0.15, -0.1) is 0 Å². The highest BCUT2D eigenvalue weighted by Gasteiger charge is 2.31. The van der Waals surface area contributed by atoms with E-state index in [0.717, 1.165) is 6.26 Å². The van der Waals surface area contributed by atoms with Crippen molar-refractivity contribution in [3.05, 3.63) is 18.2 Å². The second-order valence-electron chi connectivity index (χ2n) is 5.42. The van der Waals surface area contributed by atoms with Gasteiger partial charge in [0.25, 0.3) is 10.1 Å². The predicted molar refractivity (Wildman–Crippen MR) is 87.3 cm³/mol. The van der Waals surface area contributed by atoms with Crippen LogP contribution < -0.4 is 9.47 Å². The number of methoxy groups -OCH3 is 2. The van der Waals surface area contributed by atoms with Gasteiger partial charge >= 0.3 is 0 Å². The summed E-state index contributed by atoms with van der Waals surface area (Å²) in [5.41, 5.74) is 0. The Hall–Kier alpha value is -1.36. The van der Waals surface area contributed by atoms with Crippen molar-refractivity contribution in [3.8, 4) is 11.5 Å². The van der Waals surface area contributed by atoms with Crippen molar-refractivity contribution >= 4 is 20.1 Å². The molecule has 1 aliphatic heterocycles.